The smallest absolute Gasteiger partial charge is 0.125 e. The number of hydrogen-bond acceptors (Lipinski definition) is 2. The molecule has 0 aliphatic carbocycles. The third-order valence-electron chi connectivity index (χ3n) is 2.21. The molecule has 0 amide bonds. The van der Waals surface area contributed by atoms with E-state index >= 15 is 0 Å². The van der Waals surface area contributed by atoms with Crippen molar-refractivity contribution in [3.63, 3.8) is 0 Å². The van der Waals surface area contributed by atoms with Gasteiger partial charge in [-0.1, -0.05) is 15.9 Å². The molecule has 0 saturated carbocycles. The molecule has 0 atom stereocenters. The lowest BCUT2D eigenvalue weighted by Crippen LogP contribution is -1.95. The fourth-order valence-electron chi connectivity index (χ4n) is 1.65. The minimum absolute atomic E-state index is 0.173. The van der Waals surface area contributed by atoms with Crippen molar-refractivity contribution >= 4 is 15.9 Å². The highest BCUT2D eigenvalue weighted by Crippen LogP contribution is 2.32. The monoisotopic (exact) mass is 242 g/mol. The molecule has 0 aromatic heterocycles. The van der Waals surface area contributed by atoms with Gasteiger partial charge in [0.15, 0.2) is 0 Å². The van der Waals surface area contributed by atoms with Crippen LogP contribution in [0, 0.1) is 0 Å². The number of halogens is 1. The Balaban J connectivity index is 2.43. The standard InChI is InChI=1S/C10H11BrO2/c11-9-5-7(1-3-12)10-8(6-9)2-4-13-10/h5-6,12H,1-4H2. The van der Waals surface area contributed by atoms with Crippen molar-refractivity contribution in [3.8, 4) is 5.75 Å². The summed E-state index contributed by atoms with van der Waals surface area (Å²) in [6.45, 7) is 0.941. The average Bonchev–Trinajstić information content (AvgIpc) is 2.52. The van der Waals surface area contributed by atoms with E-state index in [0.29, 0.717) is 6.42 Å². The molecule has 0 radical (unpaired) electrons. The third kappa shape index (κ3) is 1.71. The van der Waals surface area contributed by atoms with Crippen LogP contribution in [0.15, 0.2) is 16.6 Å². The van der Waals surface area contributed by atoms with Crippen LogP contribution in [0.5, 0.6) is 5.75 Å². The zero-order valence-corrected chi connectivity index (χ0v) is 8.80. The predicted molar refractivity (Wildman–Crippen MR) is 54.1 cm³/mol. The van der Waals surface area contributed by atoms with Crippen molar-refractivity contribution < 1.29 is 9.84 Å². The first-order valence-electron chi connectivity index (χ1n) is 4.36. The third-order valence-corrected chi connectivity index (χ3v) is 2.66. The van der Waals surface area contributed by atoms with Gasteiger partial charge in [-0.3, -0.25) is 0 Å². The van der Waals surface area contributed by atoms with Crippen molar-refractivity contribution in [3.05, 3.63) is 27.7 Å². The molecular weight excluding hydrogens is 232 g/mol. The summed E-state index contributed by atoms with van der Waals surface area (Å²) in [5.41, 5.74) is 2.35. The lowest BCUT2D eigenvalue weighted by molar-refractivity contribution is 0.295. The van der Waals surface area contributed by atoms with E-state index in [0.717, 1.165) is 28.8 Å². The Labute approximate surface area is 85.7 Å². The first kappa shape index (κ1) is 9.03. The average molecular weight is 243 g/mol. The topological polar surface area (TPSA) is 29.5 Å². The number of fused-ring (bicyclic) bond motifs is 1. The molecule has 1 aliphatic heterocycles. The molecule has 0 saturated heterocycles. The zero-order chi connectivity index (χ0) is 9.26. The van der Waals surface area contributed by atoms with Crippen LogP contribution in [0.2, 0.25) is 0 Å². The van der Waals surface area contributed by atoms with Gasteiger partial charge in [-0.05, 0) is 29.7 Å². The highest BCUT2D eigenvalue weighted by atomic mass is 79.9. The largest absolute Gasteiger partial charge is 0.493 e. The SMILES string of the molecule is OCCc1cc(Br)cc2c1OCC2. The molecule has 13 heavy (non-hydrogen) atoms. The van der Waals surface area contributed by atoms with Crippen LogP contribution >= 0.6 is 15.9 Å². The summed E-state index contributed by atoms with van der Waals surface area (Å²) in [7, 11) is 0. The second-order valence-electron chi connectivity index (χ2n) is 3.13. The summed E-state index contributed by atoms with van der Waals surface area (Å²) in [6, 6.07) is 4.10. The van der Waals surface area contributed by atoms with Gasteiger partial charge in [0.25, 0.3) is 0 Å². The van der Waals surface area contributed by atoms with Gasteiger partial charge < -0.3 is 9.84 Å². The van der Waals surface area contributed by atoms with Gasteiger partial charge in [0, 0.05) is 17.5 Å². The van der Waals surface area contributed by atoms with Crippen molar-refractivity contribution in [2.24, 2.45) is 0 Å². The number of hydrogen-bond donors (Lipinski definition) is 1. The number of benzene rings is 1. The van der Waals surface area contributed by atoms with Crippen LogP contribution in [-0.4, -0.2) is 18.3 Å². The summed E-state index contributed by atoms with van der Waals surface area (Å²) in [4.78, 5) is 0. The molecule has 1 aromatic rings. The van der Waals surface area contributed by atoms with Crippen LogP contribution in [0.1, 0.15) is 11.1 Å². The molecule has 0 bridgehead atoms. The Morgan fingerprint density at radius 2 is 2.31 bits per heavy atom. The van der Waals surface area contributed by atoms with Crippen LogP contribution in [0.4, 0.5) is 0 Å². The summed E-state index contributed by atoms with van der Waals surface area (Å²) in [6.07, 6.45) is 1.65. The lowest BCUT2D eigenvalue weighted by Gasteiger charge is -2.07. The molecule has 1 N–H and O–H groups in total. The molecule has 70 valence electrons. The number of aliphatic hydroxyl groups excluding tert-OH is 1. The van der Waals surface area contributed by atoms with Crippen LogP contribution in [-0.2, 0) is 12.8 Å². The van der Waals surface area contributed by atoms with Crippen molar-refractivity contribution in [1.29, 1.82) is 0 Å². The maximum Gasteiger partial charge on any atom is 0.125 e. The summed E-state index contributed by atoms with van der Waals surface area (Å²) >= 11 is 3.45. The minimum atomic E-state index is 0.173. The van der Waals surface area contributed by atoms with Gasteiger partial charge in [0.2, 0.25) is 0 Å². The van der Waals surface area contributed by atoms with E-state index in [4.69, 9.17) is 9.84 Å². The normalized spacial score (nSPS) is 14.0. The number of rotatable bonds is 2. The Morgan fingerprint density at radius 3 is 3.08 bits per heavy atom. The van der Waals surface area contributed by atoms with Gasteiger partial charge in [0.1, 0.15) is 5.75 Å². The lowest BCUT2D eigenvalue weighted by atomic mass is 10.1. The van der Waals surface area contributed by atoms with Crippen molar-refractivity contribution in [1.82, 2.24) is 0 Å². The molecule has 1 aromatic carbocycles. The number of aliphatic hydroxyl groups is 1. The predicted octanol–water partition coefficient (Wildman–Crippen LogP) is 1.92. The second kappa shape index (κ2) is 3.68. The summed E-state index contributed by atoms with van der Waals surface area (Å²) < 4.78 is 6.57. The van der Waals surface area contributed by atoms with E-state index in [-0.39, 0.29) is 6.61 Å². The summed E-state index contributed by atoms with van der Waals surface area (Å²) in [5.74, 6) is 0.984. The van der Waals surface area contributed by atoms with Crippen LogP contribution in [0.3, 0.4) is 0 Å². The molecular formula is C10H11BrO2. The van der Waals surface area contributed by atoms with E-state index in [1.165, 1.54) is 5.56 Å². The first-order chi connectivity index (χ1) is 6.31. The Bertz CT molecular complexity index is 323. The van der Waals surface area contributed by atoms with Crippen molar-refractivity contribution in [2.45, 2.75) is 12.8 Å². The molecule has 1 heterocycles. The molecule has 0 unspecified atom stereocenters. The van der Waals surface area contributed by atoms with E-state index < -0.39 is 0 Å². The second-order valence-corrected chi connectivity index (χ2v) is 4.04. The quantitative estimate of drug-likeness (QED) is 0.859. The number of ether oxygens (including phenoxy) is 1. The fraction of sp³-hybridized carbons (Fsp3) is 0.400. The van der Waals surface area contributed by atoms with Gasteiger partial charge in [-0.2, -0.15) is 0 Å². The van der Waals surface area contributed by atoms with Gasteiger partial charge in [-0.25, -0.2) is 0 Å². The maximum absolute atomic E-state index is 8.87. The van der Waals surface area contributed by atoms with Crippen LogP contribution in [0.25, 0.3) is 0 Å². The van der Waals surface area contributed by atoms with Gasteiger partial charge in [0.05, 0.1) is 6.61 Å². The van der Waals surface area contributed by atoms with Gasteiger partial charge >= 0.3 is 0 Å². The highest BCUT2D eigenvalue weighted by Gasteiger charge is 2.16. The maximum atomic E-state index is 8.87. The van der Waals surface area contributed by atoms with Crippen LogP contribution < -0.4 is 4.74 Å². The zero-order valence-electron chi connectivity index (χ0n) is 7.22. The van der Waals surface area contributed by atoms with Gasteiger partial charge in [-0.15, -0.1) is 0 Å². The first-order valence-corrected chi connectivity index (χ1v) is 5.15. The Kier molecular flexibility index (Phi) is 2.56. The molecule has 0 fully saturated rings. The fourth-order valence-corrected chi connectivity index (χ4v) is 2.20. The molecule has 2 rings (SSSR count). The van der Waals surface area contributed by atoms with E-state index in [9.17, 15) is 0 Å². The van der Waals surface area contributed by atoms with E-state index in [1.54, 1.807) is 0 Å². The van der Waals surface area contributed by atoms with Crippen molar-refractivity contribution in [2.75, 3.05) is 13.2 Å². The Hall–Kier alpha value is -0.540. The molecule has 1 aliphatic rings. The minimum Gasteiger partial charge on any atom is -0.493 e. The highest BCUT2D eigenvalue weighted by molar-refractivity contribution is 9.10. The molecule has 0 spiro atoms. The summed E-state index contributed by atoms with van der Waals surface area (Å²) in [5, 5.41) is 8.87. The molecule has 3 heteroatoms. The molecule has 2 nitrogen and oxygen atoms in total. The Morgan fingerprint density at radius 1 is 1.46 bits per heavy atom. The van der Waals surface area contributed by atoms with E-state index in [2.05, 4.69) is 22.0 Å². The van der Waals surface area contributed by atoms with E-state index in [1.807, 2.05) is 6.07 Å².